The van der Waals surface area contributed by atoms with Crippen molar-refractivity contribution in [3.8, 4) is 5.75 Å². The number of sulfonamides is 1. The summed E-state index contributed by atoms with van der Waals surface area (Å²) in [6.07, 6.45) is 1.86. The van der Waals surface area contributed by atoms with Crippen LogP contribution < -0.4 is 10.5 Å². The molecule has 0 atom stereocenters. The molecule has 0 unspecified atom stereocenters. The first-order valence-corrected chi connectivity index (χ1v) is 8.56. The van der Waals surface area contributed by atoms with Crippen molar-refractivity contribution in [2.45, 2.75) is 26.7 Å². The van der Waals surface area contributed by atoms with E-state index in [1.807, 2.05) is 13.8 Å². The predicted molar refractivity (Wildman–Crippen MR) is 82.3 cm³/mol. The number of nitrogens with zero attached hydrogens (tertiary/aromatic N) is 1. The summed E-state index contributed by atoms with van der Waals surface area (Å²) in [6, 6.07) is 6.98. The van der Waals surface area contributed by atoms with Crippen LogP contribution >= 0.6 is 0 Å². The Labute approximate surface area is 121 Å². The van der Waals surface area contributed by atoms with Gasteiger partial charge in [-0.05, 0) is 18.6 Å². The quantitative estimate of drug-likeness (QED) is 0.709. The number of nitrogens with two attached hydrogens (primary N) is 1. The van der Waals surface area contributed by atoms with Gasteiger partial charge in [0, 0.05) is 24.8 Å². The van der Waals surface area contributed by atoms with Gasteiger partial charge in [-0.25, -0.2) is 12.7 Å². The number of nitrogen functional groups attached to an aromatic ring is 1. The fraction of sp³-hybridized carbons (Fsp3) is 0.571. The maximum atomic E-state index is 12.1. The van der Waals surface area contributed by atoms with E-state index in [1.54, 1.807) is 24.3 Å². The second kappa shape index (κ2) is 8.11. The Bertz CT molecular complexity index is 503. The third-order valence-electron chi connectivity index (χ3n) is 2.98. The number of hydrogen-bond acceptors (Lipinski definition) is 4. The van der Waals surface area contributed by atoms with Gasteiger partial charge in [0.05, 0.1) is 5.75 Å². The van der Waals surface area contributed by atoms with E-state index < -0.39 is 10.0 Å². The molecular formula is C14H24N2O3S. The SMILES string of the molecule is CCCCN(CC)S(=O)(=O)CCOc1cccc(N)c1. The fourth-order valence-electron chi connectivity index (χ4n) is 1.83. The third-order valence-corrected chi connectivity index (χ3v) is 4.89. The minimum Gasteiger partial charge on any atom is -0.492 e. The van der Waals surface area contributed by atoms with Crippen LogP contribution in [0.5, 0.6) is 5.75 Å². The zero-order valence-electron chi connectivity index (χ0n) is 12.2. The molecule has 0 aliphatic heterocycles. The first-order chi connectivity index (χ1) is 9.49. The van der Waals surface area contributed by atoms with E-state index in [4.69, 9.17) is 10.5 Å². The van der Waals surface area contributed by atoms with Crippen molar-refractivity contribution in [1.29, 1.82) is 0 Å². The molecule has 5 nitrogen and oxygen atoms in total. The number of unbranched alkanes of at least 4 members (excludes halogenated alkanes) is 1. The summed E-state index contributed by atoms with van der Waals surface area (Å²) in [5, 5.41) is 0. The molecule has 0 aromatic heterocycles. The lowest BCUT2D eigenvalue weighted by Gasteiger charge is -2.20. The lowest BCUT2D eigenvalue weighted by atomic mass is 10.3. The summed E-state index contributed by atoms with van der Waals surface area (Å²) in [4.78, 5) is 0. The number of ether oxygens (including phenoxy) is 1. The Morgan fingerprint density at radius 1 is 1.30 bits per heavy atom. The molecule has 0 heterocycles. The average molecular weight is 300 g/mol. The Morgan fingerprint density at radius 3 is 2.65 bits per heavy atom. The molecule has 1 aromatic carbocycles. The van der Waals surface area contributed by atoms with Gasteiger partial charge in [0.1, 0.15) is 12.4 Å². The highest BCUT2D eigenvalue weighted by Gasteiger charge is 2.19. The number of benzene rings is 1. The van der Waals surface area contributed by atoms with Crippen molar-refractivity contribution in [2.75, 3.05) is 31.2 Å². The van der Waals surface area contributed by atoms with Gasteiger partial charge in [-0.15, -0.1) is 0 Å². The second-order valence-electron chi connectivity index (χ2n) is 4.58. The lowest BCUT2D eigenvalue weighted by Crippen LogP contribution is -2.35. The summed E-state index contributed by atoms with van der Waals surface area (Å²) in [5.74, 6) is 0.580. The fourth-order valence-corrected chi connectivity index (χ4v) is 3.18. The molecule has 0 aliphatic rings. The van der Waals surface area contributed by atoms with Crippen LogP contribution in [0.4, 0.5) is 5.69 Å². The maximum absolute atomic E-state index is 12.1. The highest BCUT2D eigenvalue weighted by Crippen LogP contribution is 2.14. The average Bonchev–Trinajstić information content (AvgIpc) is 2.39. The van der Waals surface area contributed by atoms with Crippen LogP contribution in [0, 0.1) is 0 Å². The molecular weight excluding hydrogens is 276 g/mol. The molecule has 6 heteroatoms. The second-order valence-corrected chi connectivity index (χ2v) is 6.67. The van der Waals surface area contributed by atoms with Gasteiger partial charge in [0.15, 0.2) is 0 Å². The molecule has 114 valence electrons. The largest absolute Gasteiger partial charge is 0.492 e. The van der Waals surface area contributed by atoms with E-state index in [0.717, 1.165) is 12.8 Å². The third kappa shape index (κ3) is 5.38. The minimum atomic E-state index is -3.25. The Balaban J connectivity index is 2.50. The molecule has 1 aromatic rings. The van der Waals surface area contributed by atoms with Crippen LogP contribution in [0.15, 0.2) is 24.3 Å². The molecule has 20 heavy (non-hydrogen) atoms. The van der Waals surface area contributed by atoms with E-state index in [1.165, 1.54) is 4.31 Å². The van der Waals surface area contributed by atoms with Gasteiger partial charge in [0.2, 0.25) is 10.0 Å². The first-order valence-electron chi connectivity index (χ1n) is 6.95. The molecule has 2 N–H and O–H groups in total. The van der Waals surface area contributed by atoms with Gasteiger partial charge in [0.25, 0.3) is 0 Å². The van der Waals surface area contributed by atoms with Crippen LogP contribution in [0.25, 0.3) is 0 Å². The van der Waals surface area contributed by atoms with E-state index in [9.17, 15) is 8.42 Å². The normalized spacial score (nSPS) is 11.8. The first kappa shape index (κ1) is 16.8. The molecule has 1 rings (SSSR count). The van der Waals surface area contributed by atoms with Crippen LogP contribution in [-0.2, 0) is 10.0 Å². The molecule has 0 fully saturated rings. The van der Waals surface area contributed by atoms with Gasteiger partial charge in [-0.2, -0.15) is 0 Å². The minimum absolute atomic E-state index is 0.0145. The van der Waals surface area contributed by atoms with Crippen molar-refractivity contribution in [1.82, 2.24) is 4.31 Å². The van der Waals surface area contributed by atoms with Crippen LogP contribution in [0.2, 0.25) is 0 Å². The topological polar surface area (TPSA) is 72.6 Å². The number of rotatable bonds is 9. The smallest absolute Gasteiger partial charge is 0.217 e. The summed E-state index contributed by atoms with van der Waals surface area (Å²) in [5.41, 5.74) is 6.23. The van der Waals surface area contributed by atoms with E-state index in [0.29, 0.717) is 24.5 Å². The molecule has 0 spiro atoms. The number of hydrogen-bond donors (Lipinski definition) is 1. The van der Waals surface area contributed by atoms with Crippen molar-refractivity contribution >= 4 is 15.7 Å². The highest BCUT2D eigenvalue weighted by atomic mass is 32.2. The zero-order valence-corrected chi connectivity index (χ0v) is 13.0. The van der Waals surface area contributed by atoms with Gasteiger partial charge >= 0.3 is 0 Å². The Kier molecular flexibility index (Phi) is 6.81. The highest BCUT2D eigenvalue weighted by molar-refractivity contribution is 7.89. The maximum Gasteiger partial charge on any atom is 0.217 e. The summed E-state index contributed by atoms with van der Waals surface area (Å²) >= 11 is 0. The van der Waals surface area contributed by atoms with Gasteiger partial charge in [-0.3, -0.25) is 0 Å². The summed E-state index contributed by atoms with van der Waals surface area (Å²) < 4.78 is 31.2. The van der Waals surface area contributed by atoms with Crippen LogP contribution in [-0.4, -0.2) is 38.2 Å². The van der Waals surface area contributed by atoms with Crippen LogP contribution in [0.1, 0.15) is 26.7 Å². The molecule has 0 amide bonds. The van der Waals surface area contributed by atoms with Crippen LogP contribution in [0.3, 0.4) is 0 Å². The summed E-state index contributed by atoms with van der Waals surface area (Å²) in [7, 11) is -3.25. The molecule has 0 radical (unpaired) electrons. The molecule has 0 bridgehead atoms. The van der Waals surface area contributed by atoms with Crippen molar-refractivity contribution in [3.05, 3.63) is 24.3 Å². The van der Waals surface area contributed by atoms with E-state index in [2.05, 4.69) is 0 Å². The Morgan fingerprint density at radius 2 is 2.05 bits per heavy atom. The summed E-state index contributed by atoms with van der Waals surface area (Å²) in [6.45, 7) is 5.11. The van der Waals surface area contributed by atoms with Crippen molar-refractivity contribution in [2.24, 2.45) is 0 Å². The monoisotopic (exact) mass is 300 g/mol. The van der Waals surface area contributed by atoms with Crippen molar-refractivity contribution in [3.63, 3.8) is 0 Å². The standard InChI is InChI=1S/C14H24N2O3S/c1-3-5-9-16(4-2)20(17,18)11-10-19-14-8-6-7-13(15)12-14/h6-8,12H,3-5,9-11,15H2,1-2H3. The molecule has 0 saturated heterocycles. The van der Waals surface area contributed by atoms with Gasteiger partial charge < -0.3 is 10.5 Å². The van der Waals surface area contributed by atoms with Crippen molar-refractivity contribution < 1.29 is 13.2 Å². The predicted octanol–water partition coefficient (Wildman–Crippen LogP) is 2.10. The Hall–Kier alpha value is -1.27. The number of anilines is 1. The molecule has 0 saturated carbocycles. The lowest BCUT2D eigenvalue weighted by molar-refractivity contribution is 0.334. The van der Waals surface area contributed by atoms with Gasteiger partial charge in [-0.1, -0.05) is 26.3 Å². The molecule has 0 aliphatic carbocycles. The van der Waals surface area contributed by atoms with E-state index >= 15 is 0 Å². The zero-order chi connectivity index (χ0) is 15.0. The van der Waals surface area contributed by atoms with E-state index in [-0.39, 0.29) is 12.4 Å².